The van der Waals surface area contributed by atoms with Gasteiger partial charge in [0.2, 0.25) is 5.95 Å². The van der Waals surface area contributed by atoms with Crippen molar-refractivity contribution >= 4 is 16.9 Å². The number of anilines is 1. The highest BCUT2D eigenvalue weighted by molar-refractivity contribution is 5.97. The van der Waals surface area contributed by atoms with Crippen LogP contribution in [0, 0.1) is 5.41 Å². The Bertz CT molecular complexity index is 1140. The third kappa shape index (κ3) is 3.28. The molecular weight excluding hydrogens is 380 g/mol. The van der Waals surface area contributed by atoms with E-state index in [9.17, 15) is 0 Å². The molecule has 0 saturated carbocycles. The van der Waals surface area contributed by atoms with Crippen molar-refractivity contribution in [2.24, 2.45) is 5.41 Å². The van der Waals surface area contributed by atoms with Crippen LogP contribution in [0.4, 0.5) is 5.95 Å². The molecule has 1 unspecified atom stereocenters. The number of aromatic amines is 1. The van der Waals surface area contributed by atoms with Crippen molar-refractivity contribution in [2.75, 3.05) is 24.5 Å². The van der Waals surface area contributed by atoms with Crippen molar-refractivity contribution in [3.8, 4) is 16.9 Å². The first-order valence-corrected chi connectivity index (χ1v) is 10.0. The summed E-state index contributed by atoms with van der Waals surface area (Å²) in [7, 11) is 0. The molecule has 1 aliphatic heterocycles. The minimum Gasteiger partial charge on any atom is -0.337 e. The van der Waals surface area contributed by atoms with E-state index in [-0.39, 0.29) is 5.41 Å². The highest BCUT2D eigenvalue weighted by atomic mass is 15.5. The molecule has 0 bridgehead atoms. The van der Waals surface area contributed by atoms with Crippen LogP contribution in [0.25, 0.3) is 27.8 Å². The van der Waals surface area contributed by atoms with E-state index in [2.05, 4.69) is 66.6 Å². The van der Waals surface area contributed by atoms with Crippen LogP contribution in [0.3, 0.4) is 0 Å². The second kappa shape index (κ2) is 7.13. The smallest absolute Gasteiger partial charge is 0.245 e. The van der Waals surface area contributed by atoms with Crippen LogP contribution in [-0.2, 0) is 0 Å². The van der Waals surface area contributed by atoms with E-state index in [1.807, 2.05) is 12.1 Å². The average Bonchev–Trinajstić information content (AvgIpc) is 3.45. The Hall–Kier alpha value is -3.40. The molecule has 30 heavy (non-hydrogen) atoms. The number of nitrogens with zero attached hydrogens (tertiary/aromatic N) is 8. The largest absolute Gasteiger partial charge is 0.337 e. The Balaban J connectivity index is 1.45. The topological polar surface area (TPSA) is 113 Å². The SMILES string of the molecule is CC(C)(C)C1CN(c2ncc(-c3ccc(-n4nccn4)c4[nH]ncc34)nn2)CCN1. The van der Waals surface area contributed by atoms with Gasteiger partial charge in [-0.15, -0.1) is 15.0 Å². The van der Waals surface area contributed by atoms with Crippen molar-refractivity contribution in [3.63, 3.8) is 0 Å². The fourth-order valence-electron chi connectivity index (χ4n) is 3.80. The maximum atomic E-state index is 4.62. The number of fused-ring (bicyclic) bond motifs is 1. The maximum Gasteiger partial charge on any atom is 0.245 e. The molecule has 10 heteroatoms. The summed E-state index contributed by atoms with van der Waals surface area (Å²) in [5.41, 5.74) is 3.44. The Morgan fingerprint density at radius 1 is 1.07 bits per heavy atom. The van der Waals surface area contributed by atoms with E-state index in [0.717, 1.165) is 41.8 Å². The number of hydrogen-bond donors (Lipinski definition) is 2. The molecule has 0 amide bonds. The molecule has 154 valence electrons. The normalized spacial score (nSPS) is 17.6. The molecular formula is C20H24N10. The summed E-state index contributed by atoms with van der Waals surface area (Å²) in [6, 6.07) is 4.29. The van der Waals surface area contributed by atoms with Crippen molar-refractivity contribution in [1.29, 1.82) is 0 Å². The van der Waals surface area contributed by atoms with Crippen LogP contribution < -0.4 is 10.2 Å². The number of rotatable bonds is 3. The molecule has 1 saturated heterocycles. The zero-order valence-corrected chi connectivity index (χ0v) is 17.2. The molecule has 0 radical (unpaired) electrons. The van der Waals surface area contributed by atoms with E-state index in [1.165, 1.54) is 0 Å². The minimum atomic E-state index is 0.171. The van der Waals surface area contributed by atoms with Gasteiger partial charge >= 0.3 is 0 Å². The molecule has 10 nitrogen and oxygen atoms in total. The molecule has 4 heterocycles. The van der Waals surface area contributed by atoms with Crippen molar-refractivity contribution in [2.45, 2.75) is 26.8 Å². The Labute approximate surface area is 173 Å². The third-order valence-electron chi connectivity index (χ3n) is 5.56. The standard InChI is InChI=1S/C20H24N10/c1-20(2,3)17-12-29(9-8-21-17)19-22-11-15(26-28-19)13-4-5-16(30-24-6-7-25-30)18-14(13)10-23-27-18/h4-7,10-11,17,21H,8-9,12H2,1-3H3,(H,23,27). The van der Waals surface area contributed by atoms with E-state index in [0.29, 0.717) is 17.7 Å². The number of nitrogens with one attached hydrogen (secondary N) is 2. The fourth-order valence-corrected chi connectivity index (χ4v) is 3.80. The molecule has 3 aromatic heterocycles. The van der Waals surface area contributed by atoms with E-state index < -0.39 is 0 Å². The summed E-state index contributed by atoms with van der Waals surface area (Å²) in [6.07, 6.45) is 6.84. The van der Waals surface area contributed by atoms with Crippen molar-refractivity contribution in [1.82, 2.24) is 45.7 Å². The molecule has 1 atom stereocenters. The molecule has 0 spiro atoms. The fraction of sp³-hybridized carbons (Fsp3) is 0.400. The van der Waals surface area contributed by atoms with Gasteiger partial charge in [0.25, 0.3) is 0 Å². The van der Waals surface area contributed by atoms with Gasteiger partial charge in [-0.05, 0) is 17.5 Å². The van der Waals surface area contributed by atoms with Gasteiger partial charge in [0, 0.05) is 36.6 Å². The van der Waals surface area contributed by atoms with Crippen LogP contribution in [0.5, 0.6) is 0 Å². The number of H-pyrrole nitrogens is 1. The summed E-state index contributed by atoms with van der Waals surface area (Å²) in [4.78, 5) is 8.38. The number of aromatic nitrogens is 8. The lowest BCUT2D eigenvalue weighted by Crippen LogP contribution is -2.56. The number of hydrogen-bond acceptors (Lipinski definition) is 8. The lowest BCUT2D eigenvalue weighted by molar-refractivity contribution is 0.252. The highest BCUT2D eigenvalue weighted by Crippen LogP contribution is 2.30. The van der Waals surface area contributed by atoms with Gasteiger partial charge in [-0.3, -0.25) is 5.10 Å². The number of benzene rings is 1. The molecule has 1 aliphatic rings. The predicted molar refractivity (Wildman–Crippen MR) is 113 cm³/mol. The second-order valence-electron chi connectivity index (χ2n) is 8.57. The van der Waals surface area contributed by atoms with E-state index in [4.69, 9.17) is 0 Å². The first kappa shape index (κ1) is 18.6. The average molecular weight is 404 g/mol. The minimum absolute atomic E-state index is 0.171. The molecule has 2 N–H and O–H groups in total. The van der Waals surface area contributed by atoms with E-state index >= 15 is 0 Å². The Kier molecular flexibility index (Phi) is 4.43. The van der Waals surface area contributed by atoms with Crippen LogP contribution in [0.2, 0.25) is 0 Å². The summed E-state index contributed by atoms with van der Waals surface area (Å²) >= 11 is 0. The lowest BCUT2D eigenvalue weighted by atomic mass is 9.85. The van der Waals surface area contributed by atoms with Crippen LogP contribution in [0.15, 0.2) is 36.9 Å². The summed E-state index contributed by atoms with van der Waals surface area (Å²) in [5.74, 6) is 0.662. The molecule has 5 rings (SSSR count). The quantitative estimate of drug-likeness (QED) is 0.532. The van der Waals surface area contributed by atoms with Gasteiger partial charge < -0.3 is 10.2 Å². The zero-order chi connectivity index (χ0) is 20.7. The number of piperazine rings is 1. The van der Waals surface area contributed by atoms with Crippen LogP contribution >= 0.6 is 0 Å². The highest BCUT2D eigenvalue weighted by Gasteiger charge is 2.30. The van der Waals surface area contributed by atoms with Gasteiger partial charge in [0.1, 0.15) is 11.4 Å². The molecule has 4 aromatic rings. The molecule has 0 aliphatic carbocycles. The second-order valence-corrected chi connectivity index (χ2v) is 8.57. The molecule has 1 fully saturated rings. The molecule has 1 aromatic carbocycles. The van der Waals surface area contributed by atoms with Gasteiger partial charge in [0.05, 0.1) is 30.3 Å². The van der Waals surface area contributed by atoms with Crippen LogP contribution in [-0.4, -0.2) is 66.0 Å². The summed E-state index contributed by atoms with van der Waals surface area (Å²) in [6.45, 7) is 9.37. The Morgan fingerprint density at radius 2 is 1.90 bits per heavy atom. The predicted octanol–water partition coefficient (Wildman–Crippen LogP) is 1.82. The van der Waals surface area contributed by atoms with Gasteiger partial charge in [-0.1, -0.05) is 20.8 Å². The zero-order valence-electron chi connectivity index (χ0n) is 17.2. The van der Waals surface area contributed by atoms with Crippen molar-refractivity contribution < 1.29 is 0 Å². The van der Waals surface area contributed by atoms with Gasteiger partial charge in [-0.2, -0.15) is 15.3 Å². The summed E-state index contributed by atoms with van der Waals surface area (Å²) < 4.78 is 0. The van der Waals surface area contributed by atoms with Crippen LogP contribution in [0.1, 0.15) is 20.8 Å². The maximum absolute atomic E-state index is 4.62. The first-order valence-electron chi connectivity index (χ1n) is 10.0. The van der Waals surface area contributed by atoms with Gasteiger partial charge in [0.15, 0.2) is 0 Å². The lowest BCUT2D eigenvalue weighted by Gasteiger charge is -2.40. The van der Waals surface area contributed by atoms with Crippen molar-refractivity contribution in [3.05, 3.63) is 36.9 Å². The Morgan fingerprint density at radius 3 is 2.63 bits per heavy atom. The third-order valence-corrected chi connectivity index (χ3v) is 5.56. The van der Waals surface area contributed by atoms with E-state index in [1.54, 1.807) is 29.6 Å². The monoisotopic (exact) mass is 404 g/mol. The first-order chi connectivity index (χ1) is 14.5. The van der Waals surface area contributed by atoms with Gasteiger partial charge in [-0.25, -0.2) is 4.98 Å². The summed E-state index contributed by atoms with van der Waals surface area (Å²) in [5, 5.41) is 29.1.